The summed E-state index contributed by atoms with van der Waals surface area (Å²) in [6, 6.07) is 7.85. The second-order valence-corrected chi connectivity index (χ2v) is 3.50. The minimum Gasteiger partial charge on any atom is -0.478 e. The first-order valence-electron chi connectivity index (χ1n) is 4.96. The summed E-state index contributed by atoms with van der Waals surface area (Å²) in [5.41, 5.74) is 1.16. The van der Waals surface area contributed by atoms with Crippen LogP contribution in [-0.4, -0.2) is 21.3 Å². The van der Waals surface area contributed by atoms with E-state index in [4.69, 9.17) is 9.84 Å². The molecular formula is C12H10N2O3. The van der Waals surface area contributed by atoms with Gasteiger partial charge in [-0.15, -0.1) is 5.10 Å². The van der Waals surface area contributed by atoms with Gasteiger partial charge >= 0.3 is 5.97 Å². The van der Waals surface area contributed by atoms with Crippen LogP contribution in [0.5, 0.6) is 11.6 Å². The Morgan fingerprint density at radius 2 is 2.00 bits per heavy atom. The van der Waals surface area contributed by atoms with Gasteiger partial charge in [-0.25, -0.2) is 4.79 Å². The van der Waals surface area contributed by atoms with Crippen LogP contribution in [0.15, 0.2) is 36.5 Å². The van der Waals surface area contributed by atoms with Gasteiger partial charge < -0.3 is 9.84 Å². The summed E-state index contributed by atoms with van der Waals surface area (Å²) in [6.45, 7) is 1.88. The average Bonchev–Trinajstić information content (AvgIpc) is 2.29. The van der Waals surface area contributed by atoms with Crippen molar-refractivity contribution in [1.29, 1.82) is 0 Å². The molecule has 1 aromatic heterocycles. The summed E-state index contributed by atoms with van der Waals surface area (Å²) in [7, 11) is 0. The van der Waals surface area contributed by atoms with Crippen molar-refractivity contribution in [3.63, 3.8) is 0 Å². The van der Waals surface area contributed by atoms with Crippen molar-refractivity contribution < 1.29 is 14.6 Å². The van der Waals surface area contributed by atoms with E-state index in [9.17, 15) is 4.79 Å². The fourth-order valence-electron chi connectivity index (χ4n) is 1.27. The predicted molar refractivity (Wildman–Crippen MR) is 60.2 cm³/mol. The molecule has 0 aliphatic heterocycles. The number of rotatable bonds is 3. The predicted octanol–water partition coefficient (Wildman–Crippen LogP) is 2.28. The van der Waals surface area contributed by atoms with Crippen LogP contribution in [0.25, 0.3) is 0 Å². The third-order valence-corrected chi connectivity index (χ3v) is 2.09. The summed E-state index contributed by atoms with van der Waals surface area (Å²) in [4.78, 5) is 10.7. The molecule has 0 radical (unpaired) electrons. The van der Waals surface area contributed by atoms with Gasteiger partial charge in [-0.3, -0.25) is 0 Å². The zero-order chi connectivity index (χ0) is 12.3. The van der Waals surface area contributed by atoms with Crippen LogP contribution in [0.4, 0.5) is 0 Å². The number of hydrogen-bond donors (Lipinski definition) is 1. The molecule has 0 atom stereocenters. The number of hydrogen-bond acceptors (Lipinski definition) is 4. The highest BCUT2D eigenvalue weighted by atomic mass is 16.5. The molecule has 0 saturated carbocycles. The van der Waals surface area contributed by atoms with Crippen molar-refractivity contribution in [2.24, 2.45) is 0 Å². The maximum absolute atomic E-state index is 10.7. The molecule has 0 fully saturated rings. The second kappa shape index (κ2) is 4.61. The number of carboxylic acids is 1. The number of benzene rings is 1. The molecule has 1 aromatic carbocycles. The van der Waals surface area contributed by atoms with E-state index in [-0.39, 0.29) is 5.56 Å². The van der Waals surface area contributed by atoms with Crippen molar-refractivity contribution in [1.82, 2.24) is 10.2 Å². The summed E-state index contributed by atoms with van der Waals surface area (Å²) in [5, 5.41) is 16.3. The van der Waals surface area contributed by atoms with Gasteiger partial charge in [0.15, 0.2) is 0 Å². The monoisotopic (exact) mass is 230 g/mol. The molecule has 0 bridgehead atoms. The molecular weight excluding hydrogens is 220 g/mol. The van der Waals surface area contributed by atoms with Gasteiger partial charge in [-0.1, -0.05) is 0 Å². The Labute approximate surface area is 97.7 Å². The van der Waals surface area contributed by atoms with Crippen LogP contribution in [0.1, 0.15) is 15.9 Å². The number of nitrogens with zero attached hydrogens (tertiary/aromatic N) is 2. The first-order valence-corrected chi connectivity index (χ1v) is 4.96. The van der Waals surface area contributed by atoms with Crippen LogP contribution < -0.4 is 4.74 Å². The zero-order valence-electron chi connectivity index (χ0n) is 9.12. The largest absolute Gasteiger partial charge is 0.478 e. The normalized spacial score (nSPS) is 9.94. The molecule has 17 heavy (non-hydrogen) atoms. The fourth-order valence-corrected chi connectivity index (χ4v) is 1.27. The highest BCUT2D eigenvalue weighted by molar-refractivity contribution is 5.87. The van der Waals surface area contributed by atoms with Gasteiger partial charge in [0.05, 0.1) is 11.8 Å². The first-order chi connectivity index (χ1) is 8.15. The molecule has 5 nitrogen and oxygen atoms in total. The number of ether oxygens (including phenoxy) is 1. The molecule has 86 valence electrons. The van der Waals surface area contributed by atoms with E-state index >= 15 is 0 Å². The van der Waals surface area contributed by atoms with Crippen molar-refractivity contribution in [3.8, 4) is 11.6 Å². The SMILES string of the molecule is Cc1cnnc(Oc2ccc(C(=O)O)cc2)c1. The Balaban J connectivity index is 2.16. The van der Waals surface area contributed by atoms with Gasteiger partial charge in [0.2, 0.25) is 5.88 Å². The van der Waals surface area contributed by atoms with Gasteiger partial charge in [-0.2, -0.15) is 5.10 Å². The molecule has 2 aromatic rings. The quantitative estimate of drug-likeness (QED) is 0.875. The number of carbonyl (C=O) groups is 1. The Kier molecular flexibility index (Phi) is 3.00. The molecule has 1 heterocycles. The summed E-state index contributed by atoms with van der Waals surface area (Å²) >= 11 is 0. The van der Waals surface area contributed by atoms with E-state index in [0.717, 1.165) is 5.56 Å². The molecule has 2 rings (SSSR count). The van der Waals surface area contributed by atoms with E-state index in [1.807, 2.05) is 6.92 Å². The molecule has 5 heteroatoms. The number of aryl methyl sites for hydroxylation is 1. The summed E-state index contributed by atoms with van der Waals surface area (Å²) < 4.78 is 5.43. The lowest BCUT2D eigenvalue weighted by atomic mass is 10.2. The first kappa shape index (κ1) is 11.1. The lowest BCUT2D eigenvalue weighted by Crippen LogP contribution is -1.96. The van der Waals surface area contributed by atoms with Crippen LogP contribution in [0, 0.1) is 6.92 Å². The Morgan fingerprint density at radius 1 is 1.29 bits per heavy atom. The van der Waals surface area contributed by atoms with Crippen molar-refractivity contribution in [3.05, 3.63) is 47.7 Å². The van der Waals surface area contributed by atoms with Crippen molar-refractivity contribution in [2.75, 3.05) is 0 Å². The molecule has 0 spiro atoms. The topological polar surface area (TPSA) is 72.3 Å². The molecule has 0 aliphatic rings. The van der Waals surface area contributed by atoms with Crippen molar-refractivity contribution in [2.45, 2.75) is 6.92 Å². The minimum absolute atomic E-state index is 0.215. The lowest BCUT2D eigenvalue weighted by Gasteiger charge is -2.04. The van der Waals surface area contributed by atoms with E-state index < -0.39 is 5.97 Å². The number of carboxylic acid groups (broad SMARTS) is 1. The Hall–Kier alpha value is -2.43. The second-order valence-electron chi connectivity index (χ2n) is 3.50. The Morgan fingerprint density at radius 3 is 2.59 bits per heavy atom. The number of aromatic nitrogens is 2. The maximum atomic E-state index is 10.7. The highest BCUT2D eigenvalue weighted by Crippen LogP contribution is 2.19. The summed E-state index contributed by atoms with van der Waals surface area (Å²) in [6.07, 6.45) is 1.63. The molecule has 0 unspecified atom stereocenters. The van der Waals surface area contributed by atoms with E-state index in [1.54, 1.807) is 24.4 Å². The lowest BCUT2D eigenvalue weighted by molar-refractivity contribution is 0.0697. The van der Waals surface area contributed by atoms with Gasteiger partial charge in [0.1, 0.15) is 5.75 Å². The fraction of sp³-hybridized carbons (Fsp3) is 0.0833. The van der Waals surface area contributed by atoms with Crippen LogP contribution in [0.2, 0.25) is 0 Å². The van der Waals surface area contributed by atoms with Crippen molar-refractivity contribution >= 4 is 5.97 Å². The van der Waals surface area contributed by atoms with Gasteiger partial charge in [0, 0.05) is 6.07 Å². The van der Waals surface area contributed by atoms with E-state index in [0.29, 0.717) is 11.6 Å². The highest BCUT2D eigenvalue weighted by Gasteiger charge is 2.03. The van der Waals surface area contributed by atoms with Crippen LogP contribution in [-0.2, 0) is 0 Å². The van der Waals surface area contributed by atoms with Crippen LogP contribution >= 0.6 is 0 Å². The van der Waals surface area contributed by atoms with Gasteiger partial charge in [0.25, 0.3) is 0 Å². The zero-order valence-corrected chi connectivity index (χ0v) is 9.12. The smallest absolute Gasteiger partial charge is 0.335 e. The van der Waals surface area contributed by atoms with E-state index in [1.165, 1.54) is 12.1 Å². The molecule has 0 saturated heterocycles. The van der Waals surface area contributed by atoms with Gasteiger partial charge in [-0.05, 0) is 36.8 Å². The average molecular weight is 230 g/mol. The van der Waals surface area contributed by atoms with E-state index in [2.05, 4.69) is 10.2 Å². The third kappa shape index (κ3) is 2.78. The minimum atomic E-state index is -0.966. The third-order valence-electron chi connectivity index (χ3n) is 2.09. The van der Waals surface area contributed by atoms with Crippen LogP contribution in [0.3, 0.4) is 0 Å². The standard InChI is InChI=1S/C12H10N2O3/c1-8-6-11(14-13-7-8)17-10-4-2-9(3-5-10)12(15)16/h2-7H,1H3,(H,15,16). The molecule has 0 aliphatic carbocycles. The maximum Gasteiger partial charge on any atom is 0.335 e. The molecule has 1 N–H and O–H groups in total. The molecule has 0 amide bonds. The number of aromatic carboxylic acids is 1. The Bertz CT molecular complexity index is 538. The summed E-state index contributed by atoms with van der Waals surface area (Å²) in [5.74, 6) is -0.0603.